The maximum Gasteiger partial charge on any atom is 0.215 e. The number of sulfonamides is 1. The molecule has 18 heavy (non-hydrogen) atoms. The molecule has 0 fully saturated rings. The van der Waals surface area contributed by atoms with E-state index >= 15 is 0 Å². The molecule has 0 amide bonds. The van der Waals surface area contributed by atoms with E-state index in [9.17, 15) is 12.8 Å². The van der Waals surface area contributed by atoms with Gasteiger partial charge in [-0.25, -0.2) is 12.8 Å². The van der Waals surface area contributed by atoms with Crippen LogP contribution in [-0.4, -0.2) is 39.1 Å². The molecule has 0 heterocycles. The number of nitrogens with zero attached hydrogens (tertiary/aromatic N) is 1. The largest absolute Gasteiger partial charge is 0.319 e. The molecular formula is C12H19FN2O2S. The first-order valence-electron chi connectivity index (χ1n) is 5.75. The number of benzene rings is 1. The maximum absolute atomic E-state index is 13.6. The van der Waals surface area contributed by atoms with Crippen molar-refractivity contribution in [1.29, 1.82) is 0 Å². The molecule has 0 saturated carbocycles. The van der Waals surface area contributed by atoms with E-state index in [1.165, 1.54) is 17.4 Å². The van der Waals surface area contributed by atoms with Crippen molar-refractivity contribution < 1.29 is 12.8 Å². The van der Waals surface area contributed by atoms with Gasteiger partial charge >= 0.3 is 0 Å². The summed E-state index contributed by atoms with van der Waals surface area (Å²) < 4.78 is 38.8. The summed E-state index contributed by atoms with van der Waals surface area (Å²) in [6.07, 6.45) is 0. The Balaban J connectivity index is 2.91. The van der Waals surface area contributed by atoms with Gasteiger partial charge in [0.25, 0.3) is 0 Å². The number of rotatable bonds is 6. The molecule has 1 rings (SSSR count). The quantitative estimate of drug-likeness (QED) is 0.852. The van der Waals surface area contributed by atoms with Crippen LogP contribution in [0.2, 0.25) is 0 Å². The van der Waals surface area contributed by atoms with Crippen LogP contribution in [0.1, 0.15) is 18.5 Å². The average molecular weight is 274 g/mol. The lowest BCUT2D eigenvalue weighted by Gasteiger charge is -2.24. The fraction of sp³-hybridized carbons (Fsp3) is 0.500. The highest BCUT2D eigenvalue weighted by atomic mass is 32.2. The van der Waals surface area contributed by atoms with Crippen LogP contribution >= 0.6 is 0 Å². The minimum Gasteiger partial charge on any atom is -0.319 e. The Bertz CT molecular complexity index is 491. The number of nitrogens with one attached hydrogen (secondary N) is 1. The second-order valence-electron chi connectivity index (χ2n) is 4.13. The first kappa shape index (κ1) is 15.1. The Morgan fingerprint density at radius 1 is 1.39 bits per heavy atom. The second kappa shape index (κ2) is 6.26. The van der Waals surface area contributed by atoms with Gasteiger partial charge in [0, 0.05) is 25.2 Å². The van der Waals surface area contributed by atoms with Gasteiger partial charge in [-0.2, -0.15) is 4.31 Å². The zero-order valence-corrected chi connectivity index (χ0v) is 11.7. The molecule has 102 valence electrons. The van der Waals surface area contributed by atoms with E-state index < -0.39 is 16.1 Å². The Morgan fingerprint density at radius 2 is 2.00 bits per heavy atom. The van der Waals surface area contributed by atoms with Crippen molar-refractivity contribution in [2.75, 3.05) is 26.4 Å². The van der Waals surface area contributed by atoms with Gasteiger partial charge in [-0.05, 0) is 20.0 Å². The molecule has 4 nitrogen and oxygen atoms in total. The Hall–Kier alpha value is -0.980. The normalized spacial score (nSPS) is 13.8. The number of halogens is 1. The van der Waals surface area contributed by atoms with Crippen LogP contribution in [0.5, 0.6) is 0 Å². The summed E-state index contributed by atoms with van der Waals surface area (Å²) in [5.41, 5.74) is 0.382. The highest BCUT2D eigenvalue weighted by Crippen LogP contribution is 2.23. The molecular weight excluding hydrogens is 255 g/mol. The molecule has 0 aromatic heterocycles. The molecule has 1 atom stereocenters. The standard InChI is InChI=1S/C12H19FN2O2S/c1-10(11-6-4-5-7-12(11)13)15(3)18(16,17)9-8-14-2/h4-7,10,14H,8-9H2,1-3H3. The summed E-state index contributed by atoms with van der Waals surface area (Å²) in [5.74, 6) is -0.389. The van der Waals surface area contributed by atoms with Gasteiger partial charge < -0.3 is 5.32 Å². The second-order valence-corrected chi connectivity index (χ2v) is 6.28. The van der Waals surface area contributed by atoms with Gasteiger partial charge in [-0.1, -0.05) is 18.2 Å². The Morgan fingerprint density at radius 3 is 2.56 bits per heavy atom. The van der Waals surface area contributed by atoms with Crippen LogP contribution in [0.3, 0.4) is 0 Å². The molecule has 0 saturated heterocycles. The first-order valence-corrected chi connectivity index (χ1v) is 7.36. The SMILES string of the molecule is CNCCS(=O)(=O)N(C)C(C)c1ccccc1F. The third kappa shape index (κ3) is 3.51. The van der Waals surface area contributed by atoms with E-state index in [0.29, 0.717) is 12.1 Å². The van der Waals surface area contributed by atoms with E-state index in [0.717, 1.165) is 0 Å². The highest BCUT2D eigenvalue weighted by molar-refractivity contribution is 7.89. The van der Waals surface area contributed by atoms with Crippen molar-refractivity contribution in [3.8, 4) is 0 Å². The van der Waals surface area contributed by atoms with E-state index in [2.05, 4.69) is 5.32 Å². The van der Waals surface area contributed by atoms with Gasteiger partial charge in [-0.3, -0.25) is 0 Å². The summed E-state index contributed by atoms with van der Waals surface area (Å²) >= 11 is 0. The summed E-state index contributed by atoms with van der Waals surface area (Å²) in [7, 11) is -0.218. The van der Waals surface area contributed by atoms with E-state index in [1.54, 1.807) is 32.2 Å². The summed E-state index contributed by atoms with van der Waals surface area (Å²) in [6.45, 7) is 2.05. The van der Waals surface area contributed by atoms with E-state index in [-0.39, 0.29) is 11.6 Å². The minimum atomic E-state index is -3.38. The van der Waals surface area contributed by atoms with Gasteiger partial charge in [0.05, 0.1) is 5.75 Å². The monoisotopic (exact) mass is 274 g/mol. The van der Waals surface area contributed by atoms with Crippen LogP contribution in [0.25, 0.3) is 0 Å². The molecule has 0 aliphatic rings. The van der Waals surface area contributed by atoms with Crippen molar-refractivity contribution in [3.63, 3.8) is 0 Å². The average Bonchev–Trinajstić information content (AvgIpc) is 2.35. The van der Waals surface area contributed by atoms with Gasteiger partial charge in [-0.15, -0.1) is 0 Å². The van der Waals surface area contributed by atoms with Crippen LogP contribution in [-0.2, 0) is 10.0 Å². The van der Waals surface area contributed by atoms with Crippen LogP contribution < -0.4 is 5.32 Å². The zero-order valence-electron chi connectivity index (χ0n) is 10.9. The van der Waals surface area contributed by atoms with Crippen molar-refractivity contribution in [2.24, 2.45) is 0 Å². The smallest absolute Gasteiger partial charge is 0.215 e. The van der Waals surface area contributed by atoms with Crippen molar-refractivity contribution in [3.05, 3.63) is 35.6 Å². The summed E-state index contributed by atoms with van der Waals surface area (Å²) in [6, 6.07) is 5.70. The summed E-state index contributed by atoms with van der Waals surface area (Å²) in [5, 5.41) is 2.79. The third-order valence-electron chi connectivity index (χ3n) is 2.95. The number of hydrogen-bond acceptors (Lipinski definition) is 3. The lowest BCUT2D eigenvalue weighted by molar-refractivity contribution is 0.387. The fourth-order valence-electron chi connectivity index (χ4n) is 1.63. The van der Waals surface area contributed by atoms with E-state index in [4.69, 9.17) is 0 Å². The van der Waals surface area contributed by atoms with Crippen molar-refractivity contribution in [1.82, 2.24) is 9.62 Å². The van der Waals surface area contributed by atoms with Crippen LogP contribution in [0, 0.1) is 5.82 Å². The Kier molecular flexibility index (Phi) is 5.25. The zero-order chi connectivity index (χ0) is 13.8. The lowest BCUT2D eigenvalue weighted by atomic mass is 10.1. The lowest BCUT2D eigenvalue weighted by Crippen LogP contribution is -2.35. The van der Waals surface area contributed by atoms with Gasteiger partial charge in [0.1, 0.15) is 5.82 Å². The van der Waals surface area contributed by atoms with E-state index in [1.807, 2.05) is 0 Å². The van der Waals surface area contributed by atoms with Gasteiger partial charge in [0.15, 0.2) is 0 Å². The molecule has 0 aliphatic carbocycles. The topological polar surface area (TPSA) is 49.4 Å². The molecule has 1 aromatic rings. The molecule has 1 unspecified atom stereocenters. The predicted molar refractivity (Wildman–Crippen MR) is 70.3 cm³/mol. The number of hydrogen-bond donors (Lipinski definition) is 1. The molecule has 0 bridgehead atoms. The Labute approximate surface area is 108 Å². The highest BCUT2D eigenvalue weighted by Gasteiger charge is 2.25. The molecule has 1 N–H and O–H groups in total. The fourth-order valence-corrected chi connectivity index (χ4v) is 2.97. The molecule has 0 radical (unpaired) electrons. The molecule has 0 spiro atoms. The van der Waals surface area contributed by atoms with Gasteiger partial charge in [0.2, 0.25) is 10.0 Å². The molecule has 1 aromatic carbocycles. The summed E-state index contributed by atoms with van der Waals surface area (Å²) in [4.78, 5) is 0. The molecule has 0 aliphatic heterocycles. The predicted octanol–water partition coefficient (Wildman–Crippen LogP) is 1.37. The third-order valence-corrected chi connectivity index (χ3v) is 4.86. The first-order chi connectivity index (χ1) is 8.40. The minimum absolute atomic E-state index is 0.00120. The van der Waals surface area contributed by atoms with Crippen molar-refractivity contribution >= 4 is 10.0 Å². The maximum atomic E-state index is 13.6. The van der Waals surface area contributed by atoms with Crippen LogP contribution in [0.15, 0.2) is 24.3 Å². The molecule has 6 heteroatoms. The van der Waals surface area contributed by atoms with Crippen LogP contribution in [0.4, 0.5) is 4.39 Å². The van der Waals surface area contributed by atoms with Crippen molar-refractivity contribution in [2.45, 2.75) is 13.0 Å².